The second-order valence-corrected chi connectivity index (χ2v) is 3.39. The first-order chi connectivity index (χ1) is 4.61. The average Bonchev–Trinajstić information content (AvgIpc) is 1.88. The van der Waals surface area contributed by atoms with Crippen LogP contribution in [0.25, 0.3) is 0 Å². The van der Waals surface area contributed by atoms with Crippen LogP contribution in [0.5, 0.6) is 0 Å². The van der Waals surface area contributed by atoms with E-state index in [1.165, 1.54) is 0 Å². The fourth-order valence-corrected chi connectivity index (χ4v) is 1.24. The van der Waals surface area contributed by atoms with Gasteiger partial charge >= 0.3 is 0 Å². The van der Waals surface area contributed by atoms with Crippen LogP contribution in [0.1, 0.15) is 13.8 Å². The van der Waals surface area contributed by atoms with Gasteiger partial charge in [-0.05, 0) is 13.8 Å². The first kappa shape index (κ1) is 7.98. The lowest BCUT2D eigenvalue weighted by atomic mass is 10.2. The van der Waals surface area contributed by atoms with E-state index in [9.17, 15) is 0 Å². The fourth-order valence-electron chi connectivity index (χ4n) is 1.24. The van der Waals surface area contributed by atoms with Gasteiger partial charge in [-0.15, -0.1) is 0 Å². The maximum absolute atomic E-state index is 5.91. The molecule has 1 saturated heterocycles. The Hall–Kier alpha value is -0.120. The monoisotopic (exact) mass is 143 g/mol. The van der Waals surface area contributed by atoms with Crippen molar-refractivity contribution in [3.8, 4) is 0 Å². The summed E-state index contributed by atoms with van der Waals surface area (Å²) in [4.78, 5) is 2.30. The van der Waals surface area contributed by atoms with Crippen LogP contribution in [0.3, 0.4) is 0 Å². The molecule has 60 valence electrons. The SMILES string of the molecule is CC(C)(N)N1CCNCC1. The molecule has 1 heterocycles. The van der Waals surface area contributed by atoms with Crippen molar-refractivity contribution < 1.29 is 0 Å². The molecule has 1 aliphatic rings. The third-order valence-electron chi connectivity index (χ3n) is 1.93. The maximum atomic E-state index is 5.91. The Kier molecular flexibility index (Phi) is 2.28. The number of hydrogen-bond acceptors (Lipinski definition) is 3. The minimum atomic E-state index is -0.137. The molecule has 1 fully saturated rings. The van der Waals surface area contributed by atoms with Gasteiger partial charge in [-0.1, -0.05) is 0 Å². The topological polar surface area (TPSA) is 41.3 Å². The van der Waals surface area contributed by atoms with E-state index in [0.29, 0.717) is 0 Å². The zero-order valence-corrected chi connectivity index (χ0v) is 6.85. The predicted octanol–water partition coefficient (Wildman–Crippen LogP) is -0.414. The summed E-state index contributed by atoms with van der Waals surface area (Å²) in [7, 11) is 0. The van der Waals surface area contributed by atoms with E-state index in [1.807, 2.05) is 0 Å². The highest BCUT2D eigenvalue weighted by Gasteiger charge is 2.22. The second-order valence-electron chi connectivity index (χ2n) is 3.39. The fraction of sp³-hybridized carbons (Fsp3) is 1.00. The molecule has 3 heteroatoms. The number of rotatable bonds is 1. The van der Waals surface area contributed by atoms with Crippen LogP contribution in [-0.2, 0) is 0 Å². The summed E-state index contributed by atoms with van der Waals surface area (Å²) in [5.74, 6) is 0. The molecule has 0 amide bonds. The molecule has 0 aromatic heterocycles. The van der Waals surface area contributed by atoms with Gasteiger partial charge in [-0.2, -0.15) is 0 Å². The molecule has 0 atom stereocenters. The summed E-state index contributed by atoms with van der Waals surface area (Å²) < 4.78 is 0. The number of nitrogens with zero attached hydrogens (tertiary/aromatic N) is 1. The van der Waals surface area contributed by atoms with Gasteiger partial charge in [-0.25, -0.2) is 0 Å². The second kappa shape index (κ2) is 2.86. The molecule has 0 radical (unpaired) electrons. The molecule has 10 heavy (non-hydrogen) atoms. The maximum Gasteiger partial charge on any atom is 0.0630 e. The smallest absolute Gasteiger partial charge is 0.0630 e. The van der Waals surface area contributed by atoms with Crippen molar-refractivity contribution >= 4 is 0 Å². The van der Waals surface area contributed by atoms with E-state index in [4.69, 9.17) is 5.73 Å². The van der Waals surface area contributed by atoms with Crippen LogP contribution in [0.4, 0.5) is 0 Å². The lowest BCUT2D eigenvalue weighted by molar-refractivity contribution is 0.109. The Morgan fingerprint density at radius 1 is 1.30 bits per heavy atom. The van der Waals surface area contributed by atoms with Gasteiger partial charge in [0.25, 0.3) is 0 Å². The van der Waals surface area contributed by atoms with Crippen molar-refractivity contribution in [2.24, 2.45) is 5.73 Å². The highest BCUT2D eigenvalue weighted by molar-refractivity contribution is 4.78. The van der Waals surface area contributed by atoms with E-state index in [-0.39, 0.29) is 5.66 Å². The molecule has 0 unspecified atom stereocenters. The van der Waals surface area contributed by atoms with Crippen molar-refractivity contribution in [1.82, 2.24) is 10.2 Å². The van der Waals surface area contributed by atoms with Crippen LogP contribution in [0.15, 0.2) is 0 Å². The normalized spacial score (nSPS) is 23.1. The third-order valence-corrected chi connectivity index (χ3v) is 1.93. The summed E-state index contributed by atoms with van der Waals surface area (Å²) in [6.07, 6.45) is 0. The van der Waals surface area contributed by atoms with E-state index in [0.717, 1.165) is 26.2 Å². The first-order valence-electron chi connectivity index (χ1n) is 3.85. The van der Waals surface area contributed by atoms with Crippen LogP contribution in [0, 0.1) is 0 Å². The average molecular weight is 143 g/mol. The molecule has 0 spiro atoms. The number of nitrogens with one attached hydrogen (secondary N) is 1. The van der Waals surface area contributed by atoms with Crippen LogP contribution in [-0.4, -0.2) is 36.7 Å². The molecular formula is C7H17N3. The lowest BCUT2D eigenvalue weighted by Gasteiger charge is -2.38. The number of hydrogen-bond donors (Lipinski definition) is 2. The van der Waals surface area contributed by atoms with Crippen molar-refractivity contribution in [2.45, 2.75) is 19.5 Å². The molecule has 0 bridgehead atoms. The molecule has 0 aliphatic carbocycles. The van der Waals surface area contributed by atoms with Gasteiger partial charge in [0.05, 0.1) is 5.66 Å². The molecule has 0 aromatic carbocycles. The standard InChI is InChI=1S/C7H17N3/c1-7(2,8)10-5-3-9-4-6-10/h9H,3-6,8H2,1-2H3. The zero-order valence-electron chi connectivity index (χ0n) is 6.85. The lowest BCUT2D eigenvalue weighted by Crippen LogP contribution is -2.57. The quantitative estimate of drug-likeness (QED) is 0.524. The summed E-state index contributed by atoms with van der Waals surface area (Å²) >= 11 is 0. The highest BCUT2D eigenvalue weighted by Crippen LogP contribution is 2.06. The number of nitrogens with two attached hydrogens (primary N) is 1. The van der Waals surface area contributed by atoms with Gasteiger partial charge in [0.1, 0.15) is 0 Å². The van der Waals surface area contributed by atoms with E-state index in [2.05, 4.69) is 24.1 Å². The van der Waals surface area contributed by atoms with Crippen molar-refractivity contribution in [3.05, 3.63) is 0 Å². The van der Waals surface area contributed by atoms with E-state index in [1.54, 1.807) is 0 Å². The zero-order chi connectivity index (χ0) is 7.61. The molecule has 3 nitrogen and oxygen atoms in total. The van der Waals surface area contributed by atoms with Gasteiger partial charge in [-0.3, -0.25) is 4.90 Å². The summed E-state index contributed by atoms with van der Waals surface area (Å²) in [6.45, 7) is 8.39. The predicted molar refractivity (Wildman–Crippen MR) is 42.7 cm³/mol. The molecule has 3 N–H and O–H groups in total. The van der Waals surface area contributed by atoms with Crippen LogP contribution < -0.4 is 11.1 Å². The summed E-state index contributed by atoms with van der Waals surface area (Å²) in [5.41, 5.74) is 5.77. The Morgan fingerprint density at radius 2 is 1.80 bits per heavy atom. The van der Waals surface area contributed by atoms with Crippen molar-refractivity contribution in [1.29, 1.82) is 0 Å². The van der Waals surface area contributed by atoms with Crippen molar-refractivity contribution in [3.63, 3.8) is 0 Å². The Balaban J connectivity index is 2.39. The number of piperazine rings is 1. The van der Waals surface area contributed by atoms with Gasteiger partial charge < -0.3 is 11.1 Å². The van der Waals surface area contributed by atoms with Gasteiger partial charge in [0.15, 0.2) is 0 Å². The Bertz CT molecular complexity index is 99.9. The molecule has 1 rings (SSSR count). The summed E-state index contributed by atoms with van der Waals surface area (Å²) in [6, 6.07) is 0. The molecule has 0 saturated carbocycles. The third kappa shape index (κ3) is 1.94. The van der Waals surface area contributed by atoms with Crippen molar-refractivity contribution in [2.75, 3.05) is 26.2 Å². The van der Waals surface area contributed by atoms with Crippen LogP contribution >= 0.6 is 0 Å². The van der Waals surface area contributed by atoms with E-state index >= 15 is 0 Å². The first-order valence-corrected chi connectivity index (χ1v) is 3.85. The molecule has 1 aliphatic heterocycles. The molecule has 0 aromatic rings. The minimum Gasteiger partial charge on any atom is -0.314 e. The summed E-state index contributed by atoms with van der Waals surface area (Å²) in [5, 5.41) is 3.29. The Morgan fingerprint density at radius 3 is 2.10 bits per heavy atom. The minimum absolute atomic E-state index is 0.137. The van der Waals surface area contributed by atoms with Gasteiger partial charge in [0, 0.05) is 26.2 Å². The highest BCUT2D eigenvalue weighted by atomic mass is 15.3. The largest absolute Gasteiger partial charge is 0.314 e. The van der Waals surface area contributed by atoms with E-state index < -0.39 is 0 Å². The Labute approximate surface area is 62.6 Å². The van der Waals surface area contributed by atoms with Crippen LogP contribution in [0.2, 0.25) is 0 Å². The molecular weight excluding hydrogens is 126 g/mol. The van der Waals surface area contributed by atoms with Gasteiger partial charge in [0.2, 0.25) is 0 Å².